The lowest BCUT2D eigenvalue weighted by Crippen LogP contribution is -2.31. The maximum Gasteiger partial charge on any atom is 0.0449 e. The molecule has 6 aliphatic carbocycles. The van der Waals surface area contributed by atoms with Gasteiger partial charge in [-0.25, -0.2) is 0 Å². The molecule has 0 atom stereocenters. The minimum atomic E-state index is -0.178. The van der Waals surface area contributed by atoms with Gasteiger partial charge in [0.2, 0.25) is 0 Å². The van der Waals surface area contributed by atoms with Crippen molar-refractivity contribution in [3.05, 3.63) is 218 Å². The van der Waals surface area contributed by atoms with Crippen LogP contribution in [0.4, 0.5) is 0 Å². The van der Waals surface area contributed by atoms with Crippen molar-refractivity contribution in [3.63, 3.8) is 0 Å². The van der Waals surface area contributed by atoms with Gasteiger partial charge >= 0.3 is 0 Å². The topological polar surface area (TPSA) is 0 Å². The van der Waals surface area contributed by atoms with Crippen molar-refractivity contribution in [1.82, 2.24) is 0 Å². The molecule has 754 valence electrons. The number of benzene rings is 8. The molecular formula is C134H178Br4S2. The van der Waals surface area contributed by atoms with Crippen molar-refractivity contribution in [2.45, 2.75) is 501 Å². The molecule has 8 aromatic carbocycles. The minimum Gasteiger partial charge on any atom is -0.134 e. The molecule has 10 aromatic rings. The van der Waals surface area contributed by atoms with Crippen LogP contribution in [-0.2, 0) is 32.5 Å². The number of unbranched alkanes of at least 4 members (excludes halogenated alkanes) is 36. The second kappa shape index (κ2) is 50.4. The first kappa shape index (κ1) is 108. The average Bonchev–Trinajstić information content (AvgIpc) is 1.48. The molecule has 2 heterocycles. The third kappa shape index (κ3) is 21.2. The molecule has 0 saturated carbocycles. The standard InChI is InChI=1S/C134H178Br4S2/c1-13-25-37-49-77-129(78-50-38-26-14-2)107-89-95(61-67-101(107)117-123(129)119-103-69-63-97(135)91-109(103)133(85-57-45-33-21-9,86-58-46-34-22-10)127(119)121-105-71-65-99(137)93-111(105)131(125(117)121,81-53-41-29-17-5)82-54-42-30-18-6)113-73-75-115(139-113)116-76-74-114(140-116)96-62-68-102-108(90-96)130(79-51-39-27-15-3,80-52-40-28-16-4)124-118(102)126-122(106-72-66-100(138)94-112(106)132(126,83-55-43-31-19-7)84-56-44-32-20-8)128-120(124)104-70-64-98(136)92-110(104)134(128,87-59-47-35-23-11)88-60-48-36-24-12/h61-76,89-94H,13-60,77-88H2,1-12H3. The van der Waals surface area contributed by atoms with Crippen LogP contribution in [0, 0.1) is 0 Å². The second-order valence-electron chi connectivity index (χ2n) is 45.3. The van der Waals surface area contributed by atoms with Crippen molar-refractivity contribution < 1.29 is 0 Å². The van der Waals surface area contributed by atoms with Crippen LogP contribution in [0.5, 0.6) is 0 Å². The van der Waals surface area contributed by atoms with E-state index in [4.69, 9.17) is 0 Å². The van der Waals surface area contributed by atoms with Gasteiger partial charge in [0.1, 0.15) is 0 Å². The van der Waals surface area contributed by atoms with Crippen molar-refractivity contribution in [1.29, 1.82) is 0 Å². The Morgan fingerprint density at radius 2 is 0.314 bits per heavy atom. The van der Waals surface area contributed by atoms with E-state index in [0.717, 1.165) is 0 Å². The zero-order valence-corrected chi connectivity index (χ0v) is 97.4. The highest BCUT2D eigenvalue weighted by Gasteiger charge is 2.61. The molecule has 0 aliphatic heterocycles. The number of thiophene rings is 2. The summed E-state index contributed by atoms with van der Waals surface area (Å²) in [5.41, 5.74) is 42.0. The van der Waals surface area contributed by atoms with Crippen molar-refractivity contribution in [2.75, 3.05) is 0 Å². The van der Waals surface area contributed by atoms with Gasteiger partial charge in [0.15, 0.2) is 0 Å². The first-order chi connectivity index (χ1) is 68.6. The summed E-state index contributed by atoms with van der Waals surface area (Å²) in [5.74, 6) is 0. The van der Waals surface area contributed by atoms with Gasteiger partial charge in [-0.3, -0.25) is 0 Å². The normalized spacial score (nSPS) is 15.3. The summed E-state index contributed by atoms with van der Waals surface area (Å²) in [7, 11) is 0. The lowest BCUT2D eigenvalue weighted by atomic mass is 9.63. The van der Waals surface area contributed by atoms with E-state index in [-0.39, 0.29) is 32.5 Å². The molecule has 6 aliphatic rings. The van der Waals surface area contributed by atoms with Crippen LogP contribution in [0.1, 0.15) is 535 Å². The van der Waals surface area contributed by atoms with Crippen LogP contribution in [0.2, 0.25) is 0 Å². The van der Waals surface area contributed by atoms with Crippen LogP contribution >= 0.6 is 86.4 Å². The predicted octanol–water partition coefficient (Wildman–Crippen LogP) is 47.1. The molecular weight excluding hydrogens is 1990 g/mol. The molecule has 6 heteroatoms. The maximum absolute atomic E-state index is 4.30. The van der Waals surface area contributed by atoms with Crippen LogP contribution < -0.4 is 0 Å². The summed E-state index contributed by atoms with van der Waals surface area (Å²) in [6, 6.07) is 58.1. The summed E-state index contributed by atoms with van der Waals surface area (Å²) in [5, 5.41) is 0. The predicted molar refractivity (Wildman–Crippen MR) is 632 cm³/mol. The van der Waals surface area contributed by atoms with Crippen LogP contribution in [-0.4, -0.2) is 0 Å². The molecule has 0 N–H and O–H groups in total. The molecule has 0 bridgehead atoms. The van der Waals surface area contributed by atoms with E-state index in [1.165, 1.54) is 434 Å². The van der Waals surface area contributed by atoms with Gasteiger partial charge in [-0.05, 0) is 307 Å². The fourth-order valence-corrected chi connectivity index (χ4v) is 32.8. The van der Waals surface area contributed by atoms with Gasteiger partial charge < -0.3 is 0 Å². The number of hydrogen-bond acceptors (Lipinski definition) is 2. The Hall–Kier alpha value is -4.92. The molecule has 0 unspecified atom stereocenters. The Morgan fingerprint density at radius 3 is 0.479 bits per heavy atom. The lowest BCUT2D eigenvalue weighted by molar-refractivity contribution is 0.389. The fraction of sp³-hybridized carbons (Fsp3) is 0.582. The number of fused-ring (bicyclic) bond motifs is 24. The molecule has 0 amide bonds. The van der Waals surface area contributed by atoms with Gasteiger partial charge in [0, 0.05) is 69.9 Å². The number of hydrogen-bond donors (Lipinski definition) is 0. The molecule has 0 fully saturated rings. The summed E-state index contributed by atoms with van der Waals surface area (Å²) in [4.78, 5) is 5.62. The van der Waals surface area contributed by atoms with Crippen LogP contribution in [0.15, 0.2) is 151 Å². The molecule has 16 rings (SSSR count). The third-order valence-electron chi connectivity index (χ3n) is 36.1. The fourth-order valence-electron chi connectivity index (χ4n) is 29.3. The number of halogens is 4. The summed E-state index contributed by atoms with van der Waals surface area (Å²) < 4.78 is 4.98. The average molecular weight is 2170 g/mol. The van der Waals surface area contributed by atoms with E-state index in [1.807, 2.05) is 0 Å². The van der Waals surface area contributed by atoms with E-state index in [0.29, 0.717) is 0 Å². The second-order valence-corrected chi connectivity index (χ2v) is 51.2. The zero-order chi connectivity index (χ0) is 98.0. The smallest absolute Gasteiger partial charge is 0.0449 e. The van der Waals surface area contributed by atoms with E-state index >= 15 is 0 Å². The minimum absolute atomic E-state index is 0.121. The summed E-state index contributed by atoms with van der Waals surface area (Å²) >= 11 is 21.4. The SMILES string of the molecule is CCCCCCC1(CCCCCC)c2cc(Br)ccc2-c2c1c1c(c3c2C(CCCCCC)(CCCCCC)c2cc(-c4ccc(-c5ccc(-c6ccc7c(c6)C(CCCCCC)(CCCCCC)c6c8c(c9c(c6-7)C(CCCCCC)(CCCCCC)c6cc(Br)ccc6-9)C(CCCCCC)(CCCCCC)c6cc(Br)ccc6-8)s5)s4)ccc2-3)C(CCCCCC)(CCCCCC)c2cc(Br)ccc2-1. The van der Waals surface area contributed by atoms with Crippen molar-refractivity contribution in [2.24, 2.45) is 0 Å². The molecule has 140 heavy (non-hydrogen) atoms. The highest BCUT2D eigenvalue weighted by Crippen LogP contribution is 2.75. The van der Waals surface area contributed by atoms with E-state index in [9.17, 15) is 0 Å². The highest BCUT2D eigenvalue weighted by molar-refractivity contribution is 9.11. The largest absolute Gasteiger partial charge is 0.134 e. The van der Waals surface area contributed by atoms with Crippen LogP contribution in [0.25, 0.3) is 97.4 Å². The van der Waals surface area contributed by atoms with E-state index in [2.05, 4.69) is 303 Å². The van der Waals surface area contributed by atoms with Gasteiger partial charge in [0.25, 0.3) is 0 Å². The third-order valence-corrected chi connectivity index (χ3v) is 40.5. The lowest BCUT2D eigenvalue weighted by Gasteiger charge is -2.40. The van der Waals surface area contributed by atoms with Gasteiger partial charge in [-0.1, -0.05) is 504 Å². The monoisotopic (exact) mass is 2170 g/mol. The first-order valence-corrected chi connectivity index (χ1v) is 63.6. The molecule has 0 nitrogen and oxygen atoms in total. The maximum atomic E-state index is 4.30. The zero-order valence-electron chi connectivity index (χ0n) is 89.5. The quantitative estimate of drug-likeness (QED) is 0.0333. The Kier molecular flexibility index (Phi) is 38.8. The Labute approximate surface area is 894 Å². The molecule has 2 aromatic heterocycles. The van der Waals surface area contributed by atoms with Crippen molar-refractivity contribution in [3.8, 4) is 97.4 Å². The van der Waals surface area contributed by atoms with Gasteiger partial charge in [-0.15, -0.1) is 22.7 Å². The molecule has 0 spiro atoms. The van der Waals surface area contributed by atoms with E-state index < -0.39 is 0 Å². The van der Waals surface area contributed by atoms with Gasteiger partial charge in [-0.2, -0.15) is 0 Å². The highest BCUT2D eigenvalue weighted by atomic mass is 79.9. The molecule has 0 radical (unpaired) electrons. The number of rotatable bonds is 63. The van der Waals surface area contributed by atoms with E-state index in [1.54, 1.807) is 134 Å². The first-order valence-electron chi connectivity index (χ1n) is 58.8. The van der Waals surface area contributed by atoms with Crippen molar-refractivity contribution >= 4 is 86.4 Å². The Morgan fingerprint density at radius 1 is 0.164 bits per heavy atom. The summed E-state index contributed by atoms with van der Waals surface area (Å²) in [6.45, 7) is 29.2. The van der Waals surface area contributed by atoms with Crippen LogP contribution in [0.3, 0.4) is 0 Å². The van der Waals surface area contributed by atoms with Gasteiger partial charge in [0.05, 0.1) is 0 Å². The Bertz CT molecular complexity index is 5330. The molecule has 0 saturated heterocycles. The summed E-state index contributed by atoms with van der Waals surface area (Å²) in [6.07, 6.45) is 75.5. The Balaban J connectivity index is 0.907.